The molecule has 0 aromatic carbocycles. The molecule has 56 heavy (non-hydrogen) atoms. The predicted molar refractivity (Wildman–Crippen MR) is 226 cm³/mol. The minimum Gasteiger partial charge on any atom is -0.446 e. The van der Waals surface area contributed by atoms with E-state index in [1.165, 1.54) is 44.1 Å². The molecule has 0 aromatic heterocycles. The third-order valence-electron chi connectivity index (χ3n) is 14.1. The summed E-state index contributed by atoms with van der Waals surface area (Å²) in [6.45, 7) is 25.6. The molecular formula is C46H82N4O6. The number of carbonyl (C=O) groups excluding carboxylic acids is 3. The first kappa shape index (κ1) is 46.2. The minimum absolute atomic E-state index is 0.0474. The Bertz CT molecular complexity index is 1320. The van der Waals surface area contributed by atoms with Crippen LogP contribution in [-0.2, 0) is 14.2 Å². The smallest absolute Gasteiger partial charge is 0.410 e. The molecule has 9 atom stereocenters. The van der Waals surface area contributed by atoms with Crippen LogP contribution in [0.5, 0.6) is 0 Å². The standard InChI is InChI=1S/C46H82N4O6/c1-12-32-18-20-38-37-19-17-33-31-36(21-25-46(33,11)39(37)22-26-45(32,38)10)54-42(53)50(30-24-35(14-3)49-41(52)56-44(7,8)9)29-16-15-27-47-28-23-34(13-2)48-40(51)55-43(4,5)6/h17,32,34-39,47H,12-16,18-31H2,1-11H3,(H,48,51)(H,49,52). The maximum Gasteiger partial charge on any atom is 0.410 e. The van der Waals surface area contributed by atoms with Gasteiger partial charge in [0.1, 0.15) is 17.3 Å². The van der Waals surface area contributed by atoms with Crippen LogP contribution < -0.4 is 16.0 Å². The van der Waals surface area contributed by atoms with E-state index in [1.807, 2.05) is 53.4 Å². The molecule has 0 radical (unpaired) electrons. The molecule has 322 valence electrons. The Hall–Kier alpha value is -2.49. The molecule has 4 aliphatic carbocycles. The lowest BCUT2D eigenvalue weighted by atomic mass is 9.47. The molecule has 4 rings (SSSR count). The van der Waals surface area contributed by atoms with Gasteiger partial charge in [-0.3, -0.25) is 0 Å². The van der Waals surface area contributed by atoms with Gasteiger partial charge in [0.2, 0.25) is 0 Å². The second-order valence-corrected chi connectivity index (χ2v) is 20.3. The van der Waals surface area contributed by atoms with Crippen molar-refractivity contribution in [3.8, 4) is 0 Å². The number of unbranched alkanes of at least 4 members (excludes halogenated alkanes) is 1. The van der Waals surface area contributed by atoms with Gasteiger partial charge in [0.15, 0.2) is 0 Å². The van der Waals surface area contributed by atoms with E-state index >= 15 is 0 Å². The van der Waals surface area contributed by atoms with Crippen molar-refractivity contribution in [3.63, 3.8) is 0 Å². The first-order valence-electron chi connectivity index (χ1n) is 22.7. The summed E-state index contributed by atoms with van der Waals surface area (Å²) in [7, 11) is 0. The number of rotatable bonds is 17. The van der Waals surface area contributed by atoms with E-state index in [4.69, 9.17) is 14.2 Å². The van der Waals surface area contributed by atoms with Crippen molar-refractivity contribution in [2.24, 2.45) is 34.5 Å². The zero-order valence-electron chi connectivity index (χ0n) is 37.5. The van der Waals surface area contributed by atoms with Crippen LogP contribution in [0.1, 0.15) is 172 Å². The lowest BCUT2D eigenvalue weighted by Gasteiger charge is -2.58. The molecule has 0 aliphatic heterocycles. The molecule has 3 amide bonds. The summed E-state index contributed by atoms with van der Waals surface area (Å²) >= 11 is 0. The molecule has 0 heterocycles. The van der Waals surface area contributed by atoms with Crippen molar-refractivity contribution in [1.82, 2.24) is 20.9 Å². The Morgan fingerprint density at radius 1 is 0.804 bits per heavy atom. The molecule has 0 spiro atoms. The number of hydrogen-bond donors (Lipinski definition) is 3. The zero-order chi connectivity index (χ0) is 41.3. The number of hydrogen-bond acceptors (Lipinski definition) is 7. The highest BCUT2D eigenvalue weighted by atomic mass is 16.6. The number of alkyl carbamates (subject to hydrolysis) is 2. The number of carbonyl (C=O) groups is 3. The summed E-state index contributed by atoms with van der Waals surface area (Å²) in [5, 5.41) is 9.51. The normalized spacial score (nSPS) is 29.8. The summed E-state index contributed by atoms with van der Waals surface area (Å²) in [4.78, 5) is 40.6. The molecule has 3 fully saturated rings. The lowest BCUT2D eigenvalue weighted by molar-refractivity contribution is -0.0526. The van der Waals surface area contributed by atoms with E-state index in [0.29, 0.717) is 24.9 Å². The Balaban J connectivity index is 1.31. The molecule has 4 aliphatic rings. The third kappa shape index (κ3) is 12.5. The second-order valence-electron chi connectivity index (χ2n) is 20.3. The zero-order valence-corrected chi connectivity index (χ0v) is 37.5. The molecule has 10 nitrogen and oxygen atoms in total. The Labute approximate surface area is 341 Å². The van der Waals surface area contributed by atoms with Gasteiger partial charge in [-0.15, -0.1) is 0 Å². The van der Waals surface area contributed by atoms with Gasteiger partial charge in [0.25, 0.3) is 0 Å². The van der Waals surface area contributed by atoms with Gasteiger partial charge in [0, 0.05) is 31.6 Å². The fraction of sp³-hybridized carbons (Fsp3) is 0.891. The second kappa shape index (κ2) is 20.0. The summed E-state index contributed by atoms with van der Waals surface area (Å²) < 4.78 is 17.3. The molecular weight excluding hydrogens is 705 g/mol. The molecule has 3 N–H and O–H groups in total. The molecule has 3 saturated carbocycles. The van der Waals surface area contributed by atoms with E-state index in [2.05, 4.69) is 49.7 Å². The molecule has 10 heteroatoms. The average Bonchev–Trinajstić information content (AvgIpc) is 3.46. The first-order chi connectivity index (χ1) is 26.3. The lowest BCUT2D eigenvalue weighted by Crippen LogP contribution is -2.50. The largest absolute Gasteiger partial charge is 0.446 e. The van der Waals surface area contributed by atoms with Crippen LogP contribution in [0.3, 0.4) is 0 Å². The highest BCUT2D eigenvalue weighted by molar-refractivity contribution is 5.69. The topological polar surface area (TPSA) is 118 Å². The highest BCUT2D eigenvalue weighted by Crippen LogP contribution is 2.66. The van der Waals surface area contributed by atoms with E-state index < -0.39 is 17.3 Å². The van der Waals surface area contributed by atoms with E-state index in [0.717, 1.165) is 88.1 Å². The van der Waals surface area contributed by atoms with Crippen molar-refractivity contribution >= 4 is 18.3 Å². The van der Waals surface area contributed by atoms with E-state index in [1.54, 1.807) is 0 Å². The molecule has 0 saturated heterocycles. The molecule has 0 bridgehead atoms. The summed E-state index contributed by atoms with van der Waals surface area (Å²) in [6, 6.07) is -0.0608. The fourth-order valence-electron chi connectivity index (χ4n) is 11.0. The van der Waals surface area contributed by atoms with Crippen molar-refractivity contribution in [2.75, 3.05) is 26.2 Å². The van der Waals surface area contributed by atoms with Crippen molar-refractivity contribution in [1.29, 1.82) is 0 Å². The summed E-state index contributed by atoms with van der Waals surface area (Å²) in [5.74, 6) is 3.28. The Morgan fingerprint density at radius 3 is 2.05 bits per heavy atom. The van der Waals surface area contributed by atoms with Gasteiger partial charge in [-0.1, -0.05) is 52.7 Å². The Morgan fingerprint density at radius 2 is 1.45 bits per heavy atom. The van der Waals surface area contributed by atoms with Crippen LogP contribution in [0, 0.1) is 34.5 Å². The van der Waals surface area contributed by atoms with Gasteiger partial charge in [-0.05, 0) is 173 Å². The average molecular weight is 787 g/mol. The molecule has 0 aromatic rings. The monoisotopic (exact) mass is 787 g/mol. The van der Waals surface area contributed by atoms with Crippen LogP contribution in [0.4, 0.5) is 14.4 Å². The maximum absolute atomic E-state index is 14.0. The van der Waals surface area contributed by atoms with Crippen molar-refractivity contribution in [3.05, 3.63) is 11.6 Å². The van der Waals surface area contributed by atoms with Gasteiger partial charge in [0.05, 0.1) is 0 Å². The van der Waals surface area contributed by atoms with Gasteiger partial charge in [-0.25, -0.2) is 14.4 Å². The van der Waals surface area contributed by atoms with Crippen LogP contribution in [0.2, 0.25) is 0 Å². The van der Waals surface area contributed by atoms with Gasteiger partial charge < -0.3 is 35.1 Å². The fourth-order valence-corrected chi connectivity index (χ4v) is 11.0. The van der Waals surface area contributed by atoms with Crippen molar-refractivity contribution < 1.29 is 28.6 Å². The van der Waals surface area contributed by atoms with Gasteiger partial charge >= 0.3 is 18.3 Å². The maximum atomic E-state index is 14.0. The number of nitrogens with zero attached hydrogens (tertiary/aromatic N) is 1. The van der Waals surface area contributed by atoms with E-state index in [-0.39, 0.29) is 35.8 Å². The minimum atomic E-state index is -0.574. The summed E-state index contributed by atoms with van der Waals surface area (Å²) in [6.07, 6.45) is 17.1. The van der Waals surface area contributed by atoms with Crippen LogP contribution >= 0.6 is 0 Å². The number of fused-ring (bicyclic) bond motifs is 5. The quantitative estimate of drug-likeness (QED) is 0.0763. The first-order valence-corrected chi connectivity index (χ1v) is 22.7. The van der Waals surface area contributed by atoms with Gasteiger partial charge in [-0.2, -0.15) is 0 Å². The van der Waals surface area contributed by atoms with Crippen molar-refractivity contribution in [2.45, 2.75) is 202 Å². The number of amides is 3. The Kier molecular flexibility index (Phi) is 16.5. The predicted octanol–water partition coefficient (Wildman–Crippen LogP) is 10.5. The van der Waals surface area contributed by atoms with Crippen LogP contribution in [0.25, 0.3) is 0 Å². The van der Waals surface area contributed by atoms with E-state index in [9.17, 15) is 14.4 Å². The highest BCUT2D eigenvalue weighted by Gasteiger charge is 2.58. The van der Waals surface area contributed by atoms with Crippen LogP contribution in [-0.4, -0.2) is 78.7 Å². The van der Waals surface area contributed by atoms with Crippen LogP contribution in [0.15, 0.2) is 11.6 Å². The molecule has 9 unspecified atom stereocenters. The third-order valence-corrected chi connectivity index (χ3v) is 14.1. The number of ether oxygens (including phenoxy) is 3. The SMILES string of the molecule is CCC(CCNCCCCN(CCC(CC)NC(=O)OC(C)(C)C)C(=O)OC1CCC2(C)C(=CCC3C2CCC2(C)C(CC)CCC32)C1)NC(=O)OC(C)(C)C. The summed E-state index contributed by atoms with van der Waals surface area (Å²) in [5.41, 5.74) is 1.17. The number of allylic oxidation sites excluding steroid dienone is 1. The number of nitrogens with one attached hydrogen (secondary N) is 3.